The lowest BCUT2D eigenvalue weighted by atomic mass is 10.0. The summed E-state index contributed by atoms with van der Waals surface area (Å²) in [6.45, 7) is 6.09. The Hall–Kier alpha value is -4.08. The van der Waals surface area contributed by atoms with Crippen LogP contribution in [0.3, 0.4) is 0 Å². The SMILES string of the molecule is CCOc1ccc(NC(=O)C[N+]2=C3C(C)=NN(CC)C3C(=O)N(Cc3ccc(F)cc3)C2=O)cc1. The maximum Gasteiger partial charge on any atom is 0.501 e. The molecule has 0 fully saturated rings. The van der Waals surface area contributed by atoms with Gasteiger partial charge in [0.1, 0.15) is 23.8 Å². The number of hydrogen-bond donors (Lipinski definition) is 1. The fourth-order valence-electron chi connectivity index (χ4n) is 4.19. The highest BCUT2D eigenvalue weighted by Gasteiger charge is 2.54. The van der Waals surface area contributed by atoms with Crippen LogP contribution >= 0.6 is 0 Å². The predicted octanol–water partition coefficient (Wildman–Crippen LogP) is 2.86. The van der Waals surface area contributed by atoms with Crippen LogP contribution in [0.15, 0.2) is 53.6 Å². The Morgan fingerprint density at radius 3 is 2.43 bits per heavy atom. The second-order valence-corrected chi connectivity index (χ2v) is 8.15. The number of urea groups is 1. The Labute approximate surface area is 202 Å². The molecule has 182 valence electrons. The van der Waals surface area contributed by atoms with E-state index >= 15 is 0 Å². The molecule has 1 atom stereocenters. The first-order chi connectivity index (χ1) is 16.8. The topological polar surface area (TPSA) is 94.3 Å². The molecule has 0 aromatic heterocycles. The summed E-state index contributed by atoms with van der Waals surface area (Å²) < 4.78 is 20.1. The average molecular weight is 481 g/mol. The standard InChI is InChI=1S/C25H26FN5O4/c1-4-31-23-22(16(3)28-31)29(15-21(32)27-19-10-12-20(13-11-19)35-5-2)25(34)30(24(23)33)14-17-6-8-18(26)9-7-17/h6-13,23H,4-5,14-15H2,1-3H3/p+1. The van der Waals surface area contributed by atoms with Crippen molar-refractivity contribution in [2.24, 2.45) is 5.10 Å². The van der Waals surface area contributed by atoms with Gasteiger partial charge in [0.15, 0.2) is 12.3 Å². The third-order valence-electron chi connectivity index (χ3n) is 5.79. The van der Waals surface area contributed by atoms with Crippen LogP contribution in [0, 0.1) is 5.82 Å². The van der Waals surface area contributed by atoms with E-state index in [9.17, 15) is 18.8 Å². The highest BCUT2D eigenvalue weighted by molar-refractivity contribution is 6.48. The zero-order chi connectivity index (χ0) is 25.1. The van der Waals surface area contributed by atoms with E-state index in [1.807, 2.05) is 13.8 Å². The first kappa shape index (κ1) is 24.1. The Balaban J connectivity index is 1.61. The van der Waals surface area contributed by atoms with Gasteiger partial charge in [-0.2, -0.15) is 19.4 Å². The van der Waals surface area contributed by atoms with Gasteiger partial charge in [-0.1, -0.05) is 12.1 Å². The molecule has 1 N–H and O–H groups in total. The monoisotopic (exact) mass is 480 g/mol. The highest BCUT2D eigenvalue weighted by Crippen LogP contribution is 2.23. The van der Waals surface area contributed by atoms with E-state index in [1.54, 1.807) is 36.2 Å². The van der Waals surface area contributed by atoms with Gasteiger partial charge in [0, 0.05) is 12.2 Å². The molecule has 0 saturated heterocycles. The lowest BCUT2D eigenvalue weighted by molar-refractivity contribution is -0.427. The quantitative estimate of drug-likeness (QED) is 0.587. The fraction of sp³-hybridized carbons (Fsp3) is 0.320. The number of rotatable bonds is 8. The van der Waals surface area contributed by atoms with E-state index in [-0.39, 0.29) is 13.1 Å². The minimum atomic E-state index is -0.809. The minimum absolute atomic E-state index is 0.0463. The molecule has 35 heavy (non-hydrogen) atoms. The number of hydrazone groups is 1. The van der Waals surface area contributed by atoms with Gasteiger partial charge in [-0.25, -0.2) is 9.18 Å². The number of imide groups is 1. The molecule has 0 aliphatic carbocycles. The molecule has 0 radical (unpaired) electrons. The second kappa shape index (κ2) is 10.0. The number of benzene rings is 2. The van der Waals surface area contributed by atoms with E-state index in [2.05, 4.69) is 10.4 Å². The van der Waals surface area contributed by atoms with E-state index in [4.69, 9.17) is 4.74 Å². The van der Waals surface area contributed by atoms with Crippen LogP contribution in [0.5, 0.6) is 5.75 Å². The molecule has 0 spiro atoms. The number of amides is 4. The molecule has 9 nitrogen and oxygen atoms in total. The Bertz CT molecular complexity index is 1210. The van der Waals surface area contributed by atoms with Crippen LogP contribution in [-0.2, 0) is 16.1 Å². The second-order valence-electron chi connectivity index (χ2n) is 8.15. The number of fused-ring (bicyclic) bond motifs is 1. The van der Waals surface area contributed by atoms with Crippen LogP contribution in [0.25, 0.3) is 0 Å². The average Bonchev–Trinajstić information content (AvgIpc) is 3.18. The molecule has 4 amide bonds. The van der Waals surface area contributed by atoms with Crippen molar-refractivity contribution in [1.82, 2.24) is 9.91 Å². The van der Waals surface area contributed by atoms with Crippen molar-refractivity contribution in [3.63, 3.8) is 0 Å². The molecular weight excluding hydrogens is 453 g/mol. The minimum Gasteiger partial charge on any atom is -0.494 e. The lowest BCUT2D eigenvalue weighted by Crippen LogP contribution is -2.61. The van der Waals surface area contributed by atoms with Crippen molar-refractivity contribution in [3.05, 3.63) is 59.9 Å². The lowest BCUT2D eigenvalue weighted by Gasteiger charge is -2.28. The molecule has 2 aliphatic rings. The molecule has 2 aromatic rings. The Morgan fingerprint density at radius 1 is 1.11 bits per heavy atom. The maximum atomic E-state index is 13.5. The van der Waals surface area contributed by atoms with E-state index in [0.717, 1.165) is 4.90 Å². The number of likely N-dealkylation sites (N-methyl/N-ethyl adjacent to an activating group) is 1. The van der Waals surface area contributed by atoms with Gasteiger partial charge in [0.2, 0.25) is 6.04 Å². The van der Waals surface area contributed by atoms with Crippen LogP contribution in [0.4, 0.5) is 14.9 Å². The van der Waals surface area contributed by atoms with E-state index in [1.165, 1.54) is 28.8 Å². The van der Waals surface area contributed by atoms with Crippen molar-refractivity contribution in [2.45, 2.75) is 33.4 Å². The van der Waals surface area contributed by atoms with Gasteiger partial charge in [-0.3, -0.25) is 9.80 Å². The van der Waals surface area contributed by atoms with Crippen molar-refractivity contribution >= 4 is 35.0 Å². The first-order valence-corrected chi connectivity index (χ1v) is 11.4. The van der Waals surface area contributed by atoms with E-state index in [0.29, 0.717) is 41.6 Å². The molecule has 2 heterocycles. The van der Waals surface area contributed by atoms with Gasteiger partial charge in [0.05, 0.1) is 6.61 Å². The molecular formula is C25H27FN5O4+. The number of anilines is 1. The van der Waals surface area contributed by atoms with Gasteiger partial charge >= 0.3 is 11.9 Å². The third-order valence-corrected chi connectivity index (χ3v) is 5.79. The summed E-state index contributed by atoms with van der Waals surface area (Å²) in [5, 5.41) is 8.82. The Morgan fingerprint density at radius 2 is 1.80 bits per heavy atom. The summed E-state index contributed by atoms with van der Waals surface area (Å²) in [5.74, 6) is -0.583. The van der Waals surface area contributed by atoms with E-state index < -0.39 is 29.7 Å². The van der Waals surface area contributed by atoms with Crippen molar-refractivity contribution in [2.75, 3.05) is 25.0 Å². The van der Waals surface area contributed by atoms with Crippen molar-refractivity contribution in [3.8, 4) is 5.75 Å². The molecule has 2 aliphatic heterocycles. The summed E-state index contributed by atoms with van der Waals surface area (Å²) in [4.78, 5) is 40.8. The van der Waals surface area contributed by atoms with Crippen molar-refractivity contribution < 1.29 is 28.1 Å². The largest absolute Gasteiger partial charge is 0.501 e. The molecule has 1 unspecified atom stereocenters. The number of nitrogens with zero attached hydrogens (tertiary/aromatic N) is 4. The highest BCUT2D eigenvalue weighted by atomic mass is 19.1. The summed E-state index contributed by atoms with van der Waals surface area (Å²) in [6, 6.07) is 11.1. The zero-order valence-corrected chi connectivity index (χ0v) is 19.8. The Kier molecular flexibility index (Phi) is 6.90. The number of halogens is 1. The molecule has 2 aromatic carbocycles. The van der Waals surface area contributed by atoms with Gasteiger partial charge in [-0.05, 0) is 62.7 Å². The first-order valence-electron chi connectivity index (χ1n) is 11.4. The number of carbonyl (C=O) groups excluding carboxylic acids is 3. The zero-order valence-electron chi connectivity index (χ0n) is 19.8. The van der Waals surface area contributed by atoms with Gasteiger partial charge in [0.25, 0.3) is 5.91 Å². The number of ether oxygens (including phenoxy) is 1. The maximum absolute atomic E-state index is 13.5. The number of nitrogens with one attached hydrogen (secondary N) is 1. The third kappa shape index (κ3) is 4.91. The molecule has 0 saturated carbocycles. The van der Waals surface area contributed by atoms with Crippen LogP contribution < -0.4 is 10.1 Å². The number of hydrogen-bond acceptors (Lipinski definition) is 6. The van der Waals surface area contributed by atoms with Crippen LogP contribution in [0.2, 0.25) is 0 Å². The van der Waals surface area contributed by atoms with Crippen molar-refractivity contribution in [1.29, 1.82) is 0 Å². The smallest absolute Gasteiger partial charge is 0.494 e. The van der Waals surface area contributed by atoms with Gasteiger partial charge < -0.3 is 10.1 Å². The molecule has 4 rings (SSSR count). The molecule has 10 heteroatoms. The summed E-state index contributed by atoms with van der Waals surface area (Å²) in [6.07, 6.45) is 0. The van der Waals surface area contributed by atoms with Crippen LogP contribution in [-0.4, -0.2) is 69.5 Å². The normalized spacial score (nSPS) is 17.5. The van der Waals surface area contributed by atoms with Gasteiger partial charge in [-0.15, -0.1) is 0 Å². The molecule has 0 bridgehead atoms. The summed E-state index contributed by atoms with van der Waals surface area (Å²) in [5.41, 5.74) is 2.05. The summed E-state index contributed by atoms with van der Waals surface area (Å²) >= 11 is 0. The van der Waals surface area contributed by atoms with Crippen LogP contribution in [0.1, 0.15) is 26.3 Å². The fourth-order valence-corrected chi connectivity index (χ4v) is 4.19. The number of carbonyl (C=O) groups is 3. The summed E-state index contributed by atoms with van der Waals surface area (Å²) in [7, 11) is 0. The predicted molar refractivity (Wildman–Crippen MR) is 128 cm³/mol.